The van der Waals surface area contributed by atoms with Gasteiger partial charge < -0.3 is 15.0 Å². The third-order valence-electron chi connectivity index (χ3n) is 2.78. The first kappa shape index (κ1) is 15.7. The first-order valence-electron chi connectivity index (χ1n) is 5.18. The minimum Gasteiger partial charge on any atom is -0.396 e. The lowest BCUT2D eigenvalue weighted by molar-refractivity contribution is 0.287. The second kappa shape index (κ2) is 7.12. The molecule has 0 unspecified atom stereocenters. The van der Waals surface area contributed by atoms with Crippen LogP contribution in [0, 0.1) is 0 Å². The Morgan fingerprint density at radius 2 is 2.19 bits per heavy atom. The molecule has 1 aromatic heterocycles. The molecule has 0 saturated heterocycles. The zero-order valence-electron chi connectivity index (χ0n) is 9.40. The molecule has 6 heteroatoms. The van der Waals surface area contributed by atoms with E-state index in [-0.39, 0.29) is 31.4 Å². The number of aromatic nitrogens is 2. The van der Waals surface area contributed by atoms with Crippen molar-refractivity contribution in [3.8, 4) is 0 Å². The van der Waals surface area contributed by atoms with E-state index in [0.717, 1.165) is 38.2 Å². The minimum atomic E-state index is 0. The van der Waals surface area contributed by atoms with E-state index < -0.39 is 0 Å². The van der Waals surface area contributed by atoms with Crippen LogP contribution >= 0.6 is 24.8 Å². The monoisotopic (exact) mass is 267 g/mol. The topological polar surface area (TPSA) is 50.1 Å². The van der Waals surface area contributed by atoms with E-state index in [9.17, 15) is 0 Å². The third-order valence-corrected chi connectivity index (χ3v) is 2.78. The van der Waals surface area contributed by atoms with Crippen LogP contribution in [0.15, 0.2) is 0 Å². The van der Waals surface area contributed by atoms with Gasteiger partial charge in [-0.3, -0.25) is 0 Å². The summed E-state index contributed by atoms with van der Waals surface area (Å²) in [6.07, 6.45) is 2.75. The number of aryl methyl sites for hydroxylation is 1. The quantitative estimate of drug-likeness (QED) is 0.854. The van der Waals surface area contributed by atoms with Gasteiger partial charge in [-0.15, -0.1) is 24.8 Å². The molecule has 1 aliphatic rings. The Morgan fingerprint density at radius 3 is 2.81 bits per heavy atom. The Hall–Kier alpha value is -0.290. The maximum Gasteiger partial charge on any atom is 0.109 e. The van der Waals surface area contributed by atoms with Gasteiger partial charge in [-0.2, -0.15) is 0 Å². The molecule has 0 aliphatic carbocycles. The van der Waals surface area contributed by atoms with Crippen molar-refractivity contribution in [1.82, 2.24) is 14.9 Å². The van der Waals surface area contributed by atoms with Gasteiger partial charge >= 0.3 is 0 Å². The van der Waals surface area contributed by atoms with Gasteiger partial charge in [0.2, 0.25) is 0 Å². The van der Waals surface area contributed by atoms with Crippen LogP contribution < -0.4 is 5.32 Å². The number of nitrogens with one attached hydrogen (secondary N) is 1. The third kappa shape index (κ3) is 3.10. The molecule has 94 valence electrons. The Bertz CT molecular complexity index is 328. The first-order valence-corrected chi connectivity index (χ1v) is 5.18. The molecule has 0 aromatic carbocycles. The van der Waals surface area contributed by atoms with Gasteiger partial charge in [0, 0.05) is 45.3 Å². The summed E-state index contributed by atoms with van der Waals surface area (Å²) in [5, 5.41) is 12.1. The molecule has 16 heavy (non-hydrogen) atoms. The van der Waals surface area contributed by atoms with Crippen LogP contribution in [0.25, 0.3) is 0 Å². The number of hydrogen-bond donors (Lipinski definition) is 2. The van der Waals surface area contributed by atoms with Crippen LogP contribution in [0.4, 0.5) is 0 Å². The number of nitrogens with zero attached hydrogens (tertiary/aromatic N) is 2. The maximum absolute atomic E-state index is 8.77. The highest BCUT2D eigenvalue weighted by Gasteiger charge is 2.16. The highest BCUT2D eigenvalue weighted by atomic mass is 35.5. The molecule has 0 atom stereocenters. The van der Waals surface area contributed by atoms with Gasteiger partial charge in [-0.25, -0.2) is 4.98 Å². The van der Waals surface area contributed by atoms with Crippen molar-refractivity contribution in [3.05, 3.63) is 17.2 Å². The summed E-state index contributed by atoms with van der Waals surface area (Å²) in [6.45, 7) is 2.18. The van der Waals surface area contributed by atoms with E-state index in [0.29, 0.717) is 0 Å². The summed E-state index contributed by atoms with van der Waals surface area (Å²) in [6, 6.07) is 0. The Morgan fingerprint density at radius 1 is 1.44 bits per heavy atom. The number of fused-ring (bicyclic) bond motifs is 1. The van der Waals surface area contributed by atoms with Gasteiger partial charge in [-0.05, 0) is 6.42 Å². The van der Waals surface area contributed by atoms with Gasteiger partial charge in [-0.1, -0.05) is 0 Å². The fourth-order valence-electron chi connectivity index (χ4n) is 1.97. The van der Waals surface area contributed by atoms with E-state index in [1.807, 2.05) is 0 Å². The van der Waals surface area contributed by atoms with Crippen LogP contribution in [0.3, 0.4) is 0 Å². The molecule has 0 spiro atoms. The van der Waals surface area contributed by atoms with Crippen LogP contribution in [-0.4, -0.2) is 27.8 Å². The van der Waals surface area contributed by atoms with E-state index in [4.69, 9.17) is 5.11 Å². The fraction of sp³-hybridized carbons (Fsp3) is 0.700. The number of hydrogen-bond acceptors (Lipinski definition) is 3. The first-order chi connectivity index (χ1) is 6.83. The largest absolute Gasteiger partial charge is 0.396 e. The summed E-state index contributed by atoms with van der Waals surface area (Å²) in [5.41, 5.74) is 2.54. The number of rotatable bonds is 3. The molecule has 1 aliphatic heterocycles. The molecule has 1 aromatic rings. The highest BCUT2D eigenvalue weighted by Crippen LogP contribution is 2.15. The van der Waals surface area contributed by atoms with E-state index in [1.54, 1.807) is 0 Å². The van der Waals surface area contributed by atoms with Crippen LogP contribution in [0.2, 0.25) is 0 Å². The van der Waals surface area contributed by atoms with Gasteiger partial charge in [0.05, 0.1) is 5.69 Å². The molecule has 2 heterocycles. The molecule has 0 fully saturated rings. The lowest BCUT2D eigenvalue weighted by atomic mass is 10.2. The second-order valence-electron chi connectivity index (χ2n) is 3.73. The summed E-state index contributed by atoms with van der Waals surface area (Å²) >= 11 is 0. The molecular weight excluding hydrogens is 249 g/mol. The molecule has 2 rings (SSSR count). The standard InChI is InChI=1S/C10H17N3O.2ClH/c1-13-9-4-5-11-7-8(9)12-10(13)3-2-6-14;;/h11,14H,2-7H2,1H3;2*1H. The Balaban J connectivity index is 0.00000112. The minimum absolute atomic E-state index is 0. The van der Waals surface area contributed by atoms with Crippen molar-refractivity contribution in [3.63, 3.8) is 0 Å². The zero-order valence-corrected chi connectivity index (χ0v) is 11.0. The van der Waals surface area contributed by atoms with Gasteiger partial charge in [0.1, 0.15) is 5.82 Å². The van der Waals surface area contributed by atoms with Crippen LogP contribution in [-0.2, 0) is 26.4 Å². The lowest BCUT2D eigenvalue weighted by Gasteiger charge is -2.12. The average molecular weight is 268 g/mol. The molecule has 2 N–H and O–H groups in total. The molecule has 0 amide bonds. The average Bonchev–Trinajstić information content (AvgIpc) is 2.54. The lowest BCUT2D eigenvalue weighted by Crippen LogP contribution is -2.24. The predicted octanol–water partition coefficient (Wildman–Crippen LogP) is 0.834. The molecule has 0 saturated carbocycles. The number of aliphatic hydroxyl groups is 1. The molecule has 4 nitrogen and oxygen atoms in total. The fourth-order valence-corrected chi connectivity index (χ4v) is 1.97. The van der Waals surface area contributed by atoms with Crippen molar-refractivity contribution in [2.45, 2.75) is 25.8 Å². The van der Waals surface area contributed by atoms with Crippen molar-refractivity contribution >= 4 is 24.8 Å². The van der Waals surface area contributed by atoms with Crippen molar-refractivity contribution in [2.24, 2.45) is 7.05 Å². The molecule has 0 bridgehead atoms. The summed E-state index contributed by atoms with van der Waals surface area (Å²) in [7, 11) is 2.07. The van der Waals surface area contributed by atoms with Gasteiger partial charge in [0.15, 0.2) is 0 Å². The van der Waals surface area contributed by atoms with Crippen molar-refractivity contribution in [1.29, 1.82) is 0 Å². The van der Waals surface area contributed by atoms with E-state index in [1.165, 1.54) is 11.4 Å². The predicted molar refractivity (Wildman–Crippen MR) is 68.5 cm³/mol. The Labute approximate surface area is 108 Å². The summed E-state index contributed by atoms with van der Waals surface area (Å²) in [4.78, 5) is 4.58. The smallest absolute Gasteiger partial charge is 0.109 e. The van der Waals surface area contributed by atoms with Crippen LogP contribution in [0.5, 0.6) is 0 Å². The SMILES string of the molecule is Cl.Cl.Cn1c(CCCO)nc2c1CCNC2. The zero-order chi connectivity index (χ0) is 9.97. The number of aliphatic hydroxyl groups excluding tert-OH is 1. The van der Waals surface area contributed by atoms with E-state index in [2.05, 4.69) is 21.9 Å². The number of halogens is 2. The number of imidazole rings is 1. The maximum atomic E-state index is 8.77. The summed E-state index contributed by atoms with van der Waals surface area (Å²) in [5.74, 6) is 1.10. The highest BCUT2D eigenvalue weighted by molar-refractivity contribution is 5.85. The molecule has 0 radical (unpaired) electrons. The normalized spacial score (nSPS) is 13.6. The van der Waals surface area contributed by atoms with Gasteiger partial charge in [0.25, 0.3) is 0 Å². The van der Waals surface area contributed by atoms with E-state index >= 15 is 0 Å². The van der Waals surface area contributed by atoms with Crippen molar-refractivity contribution < 1.29 is 5.11 Å². The second-order valence-corrected chi connectivity index (χ2v) is 3.73. The van der Waals surface area contributed by atoms with Crippen molar-refractivity contribution in [2.75, 3.05) is 13.2 Å². The Kier molecular flexibility index (Phi) is 6.99. The summed E-state index contributed by atoms with van der Waals surface area (Å²) < 4.78 is 2.19. The van der Waals surface area contributed by atoms with Crippen LogP contribution in [0.1, 0.15) is 23.6 Å². The molecular formula is C10H19Cl2N3O.